The molecule has 84 valence electrons. The van der Waals surface area contributed by atoms with Crippen LogP contribution in [0.4, 0.5) is 5.13 Å². The van der Waals surface area contributed by atoms with Gasteiger partial charge in [-0.15, -0.1) is 11.3 Å². The molecule has 2 atom stereocenters. The lowest BCUT2D eigenvalue weighted by molar-refractivity contribution is 0.373. The van der Waals surface area contributed by atoms with E-state index in [0.717, 1.165) is 22.8 Å². The van der Waals surface area contributed by atoms with E-state index in [1.807, 2.05) is 5.38 Å². The van der Waals surface area contributed by atoms with Crippen molar-refractivity contribution in [1.29, 1.82) is 0 Å². The lowest BCUT2D eigenvalue weighted by Crippen LogP contribution is -2.43. The van der Waals surface area contributed by atoms with E-state index in [0.29, 0.717) is 12.0 Å². The zero-order chi connectivity index (χ0) is 10.8. The highest BCUT2D eigenvalue weighted by molar-refractivity contribution is 9.10. The number of piperidine rings is 1. The van der Waals surface area contributed by atoms with Gasteiger partial charge in [0.05, 0.1) is 0 Å². The molecule has 2 heterocycles. The Hall–Kier alpha value is -0.130. The Bertz CT molecular complexity index is 328. The first-order valence-corrected chi connectivity index (χ1v) is 6.95. The molecule has 1 saturated heterocycles. The van der Waals surface area contributed by atoms with Crippen LogP contribution >= 0.6 is 27.3 Å². The number of anilines is 1. The lowest BCUT2D eigenvalue weighted by Gasteiger charge is -2.37. The second kappa shape index (κ2) is 4.80. The van der Waals surface area contributed by atoms with Gasteiger partial charge in [0.1, 0.15) is 4.60 Å². The molecule has 1 fully saturated rings. The predicted molar refractivity (Wildman–Crippen MR) is 68.4 cm³/mol. The van der Waals surface area contributed by atoms with Crippen molar-refractivity contribution in [3.63, 3.8) is 0 Å². The highest BCUT2D eigenvalue weighted by Crippen LogP contribution is 2.30. The molecule has 0 bridgehead atoms. The molecule has 2 N–H and O–H groups in total. The van der Waals surface area contributed by atoms with Gasteiger partial charge in [-0.3, -0.25) is 0 Å². The van der Waals surface area contributed by atoms with Crippen LogP contribution in [0.1, 0.15) is 19.8 Å². The number of nitrogens with zero attached hydrogens (tertiary/aromatic N) is 2. The van der Waals surface area contributed by atoms with Gasteiger partial charge in [0, 0.05) is 18.0 Å². The van der Waals surface area contributed by atoms with Crippen LogP contribution in [0.5, 0.6) is 0 Å². The number of hydrogen-bond donors (Lipinski definition) is 1. The van der Waals surface area contributed by atoms with Crippen LogP contribution < -0.4 is 10.6 Å². The summed E-state index contributed by atoms with van der Waals surface area (Å²) in [6.45, 7) is 4.11. The van der Waals surface area contributed by atoms with Crippen molar-refractivity contribution in [2.24, 2.45) is 11.7 Å². The zero-order valence-electron chi connectivity index (χ0n) is 8.82. The fourth-order valence-corrected chi connectivity index (χ4v) is 3.38. The Labute approximate surface area is 103 Å². The van der Waals surface area contributed by atoms with E-state index in [4.69, 9.17) is 5.73 Å². The topological polar surface area (TPSA) is 42.1 Å². The average molecular weight is 290 g/mol. The first-order chi connectivity index (χ1) is 7.20. The Morgan fingerprint density at radius 3 is 3.07 bits per heavy atom. The van der Waals surface area contributed by atoms with E-state index >= 15 is 0 Å². The molecule has 0 aromatic carbocycles. The fraction of sp³-hybridized carbons (Fsp3) is 0.700. The SMILES string of the molecule is CC1CCC(CN)CN1c1nc(Br)cs1. The number of rotatable bonds is 2. The third-order valence-electron chi connectivity index (χ3n) is 3.02. The van der Waals surface area contributed by atoms with Crippen molar-refractivity contribution in [2.75, 3.05) is 18.0 Å². The van der Waals surface area contributed by atoms with E-state index in [1.165, 1.54) is 12.8 Å². The smallest absolute Gasteiger partial charge is 0.186 e. The molecule has 15 heavy (non-hydrogen) atoms. The molecule has 1 aromatic rings. The summed E-state index contributed by atoms with van der Waals surface area (Å²) in [6.07, 6.45) is 2.47. The van der Waals surface area contributed by atoms with E-state index in [9.17, 15) is 0 Å². The second-order valence-corrected chi connectivity index (χ2v) is 5.78. The molecule has 1 aliphatic heterocycles. The van der Waals surface area contributed by atoms with Crippen LogP contribution in [0.15, 0.2) is 9.98 Å². The van der Waals surface area contributed by atoms with Gasteiger partial charge in [-0.1, -0.05) is 0 Å². The normalized spacial score (nSPS) is 27.0. The highest BCUT2D eigenvalue weighted by Gasteiger charge is 2.26. The molecule has 2 rings (SSSR count). The molecule has 0 saturated carbocycles. The maximum atomic E-state index is 5.74. The standard InChI is InChI=1S/C10H16BrN3S/c1-7-2-3-8(4-12)5-14(7)10-13-9(11)6-15-10/h6-8H,2-5,12H2,1H3. The molecule has 3 nitrogen and oxygen atoms in total. The van der Waals surface area contributed by atoms with Crippen LogP contribution in [-0.2, 0) is 0 Å². The highest BCUT2D eigenvalue weighted by atomic mass is 79.9. The monoisotopic (exact) mass is 289 g/mol. The number of halogens is 1. The minimum Gasteiger partial charge on any atom is -0.345 e. The van der Waals surface area contributed by atoms with Crippen molar-refractivity contribution in [3.05, 3.63) is 9.98 Å². The summed E-state index contributed by atoms with van der Waals surface area (Å²) < 4.78 is 0.935. The molecule has 2 unspecified atom stereocenters. The fourth-order valence-electron chi connectivity index (χ4n) is 2.02. The third kappa shape index (κ3) is 2.52. The number of thiazole rings is 1. The molecule has 5 heteroatoms. The first-order valence-electron chi connectivity index (χ1n) is 5.28. The summed E-state index contributed by atoms with van der Waals surface area (Å²) in [5.74, 6) is 0.629. The van der Waals surface area contributed by atoms with Gasteiger partial charge in [-0.25, -0.2) is 4.98 Å². The van der Waals surface area contributed by atoms with Crippen molar-refractivity contribution in [3.8, 4) is 0 Å². The number of nitrogens with two attached hydrogens (primary N) is 1. The van der Waals surface area contributed by atoms with Crippen LogP contribution in [-0.4, -0.2) is 24.1 Å². The van der Waals surface area contributed by atoms with Crippen LogP contribution in [0.2, 0.25) is 0 Å². The van der Waals surface area contributed by atoms with Gasteiger partial charge in [-0.2, -0.15) is 0 Å². The summed E-state index contributed by atoms with van der Waals surface area (Å²) in [4.78, 5) is 6.86. The quantitative estimate of drug-likeness (QED) is 0.910. The van der Waals surface area contributed by atoms with Gasteiger partial charge < -0.3 is 10.6 Å². The van der Waals surface area contributed by atoms with Crippen molar-refractivity contribution >= 4 is 32.4 Å². The number of hydrogen-bond acceptors (Lipinski definition) is 4. The molecular formula is C10H16BrN3S. The van der Waals surface area contributed by atoms with Crippen LogP contribution in [0.3, 0.4) is 0 Å². The van der Waals surface area contributed by atoms with Crippen molar-refractivity contribution < 1.29 is 0 Å². The summed E-state index contributed by atoms with van der Waals surface area (Å²) in [6, 6.07) is 0.589. The van der Waals surface area contributed by atoms with E-state index in [1.54, 1.807) is 11.3 Å². The maximum Gasteiger partial charge on any atom is 0.186 e. The summed E-state index contributed by atoms with van der Waals surface area (Å²) in [7, 11) is 0. The first kappa shape index (κ1) is 11.4. The molecule has 0 spiro atoms. The van der Waals surface area contributed by atoms with E-state index < -0.39 is 0 Å². The minimum atomic E-state index is 0.589. The average Bonchev–Trinajstić information content (AvgIpc) is 2.65. The molecule has 1 aliphatic rings. The molecule has 1 aromatic heterocycles. The summed E-state index contributed by atoms with van der Waals surface area (Å²) in [5, 5.41) is 3.15. The Morgan fingerprint density at radius 1 is 1.67 bits per heavy atom. The Kier molecular flexibility index (Phi) is 3.64. The second-order valence-electron chi connectivity index (χ2n) is 4.13. The van der Waals surface area contributed by atoms with Gasteiger partial charge >= 0.3 is 0 Å². The maximum absolute atomic E-state index is 5.74. The molecule has 0 radical (unpaired) electrons. The van der Waals surface area contributed by atoms with Gasteiger partial charge in [-0.05, 0) is 48.2 Å². The van der Waals surface area contributed by atoms with Gasteiger partial charge in [0.2, 0.25) is 0 Å². The van der Waals surface area contributed by atoms with Crippen molar-refractivity contribution in [1.82, 2.24) is 4.98 Å². The van der Waals surface area contributed by atoms with Crippen LogP contribution in [0, 0.1) is 5.92 Å². The molecule has 0 aliphatic carbocycles. The Balaban J connectivity index is 2.12. The number of aromatic nitrogens is 1. The predicted octanol–water partition coefficient (Wildman–Crippen LogP) is 2.47. The third-order valence-corrected chi connectivity index (χ3v) is 4.61. The largest absolute Gasteiger partial charge is 0.345 e. The summed E-state index contributed by atoms with van der Waals surface area (Å²) in [5.41, 5.74) is 5.74. The van der Waals surface area contributed by atoms with Crippen molar-refractivity contribution in [2.45, 2.75) is 25.8 Å². The van der Waals surface area contributed by atoms with Gasteiger partial charge in [0.15, 0.2) is 5.13 Å². The van der Waals surface area contributed by atoms with Gasteiger partial charge in [0.25, 0.3) is 0 Å². The Morgan fingerprint density at radius 2 is 2.47 bits per heavy atom. The lowest BCUT2D eigenvalue weighted by atomic mass is 9.94. The van der Waals surface area contributed by atoms with Crippen LogP contribution in [0.25, 0.3) is 0 Å². The molecule has 0 amide bonds. The molecular weight excluding hydrogens is 274 g/mol. The zero-order valence-corrected chi connectivity index (χ0v) is 11.2. The van der Waals surface area contributed by atoms with E-state index in [-0.39, 0.29) is 0 Å². The minimum absolute atomic E-state index is 0.589. The summed E-state index contributed by atoms with van der Waals surface area (Å²) >= 11 is 5.10. The van der Waals surface area contributed by atoms with E-state index in [2.05, 4.69) is 32.7 Å².